The Morgan fingerprint density at radius 2 is 1.09 bits per heavy atom. The third-order valence-corrected chi connectivity index (χ3v) is 3.60. The predicted molar refractivity (Wildman–Crippen MR) is 100 cm³/mol. The van der Waals surface area contributed by atoms with Crippen LogP contribution < -0.4 is 15.5 Å². The van der Waals surface area contributed by atoms with E-state index in [-0.39, 0.29) is 0 Å². The van der Waals surface area contributed by atoms with E-state index in [2.05, 4.69) is 76.2 Å². The zero-order valence-corrected chi connectivity index (χ0v) is 13.5. The molecule has 0 atom stereocenters. The van der Waals surface area contributed by atoms with E-state index >= 15 is 0 Å². The number of nitrogens with one attached hydrogen (secondary N) is 2. The minimum Gasteiger partial charge on any atom is -0.378 e. The van der Waals surface area contributed by atoms with Gasteiger partial charge >= 0.3 is 0 Å². The number of para-hydroxylation sites is 1. The Hall–Kier alpha value is -2.94. The molecular weight excluding hydrogens is 282 g/mol. The normalized spacial score (nSPS) is 10.2. The van der Waals surface area contributed by atoms with Crippen molar-refractivity contribution in [3.8, 4) is 0 Å². The van der Waals surface area contributed by atoms with Crippen LogP contribution in [0, 0.1) is 0 Å². The van der Waals surface area contributed by atoms with E-state index in [1.807, 2.05) is 32.3 Å². The van der Waals surface area contributed by atoms with E-state index in [4.69, 9.17) is 0 Å². The molecule has 3 aromatic carbocycles. The van der Waals surface area contributed by atoms with Crippen LogP contribution in [-0.4, -0.2) is 14.1 Å². The van der Waals surface area contributed by atoms with Gasteiger partial charge in [0, 0.05) is 42.5 Å². The maximum absolute atomic E-state index is 3.44. The lowest BCUT2D eigenvalue weighted by Gasteiger charge is -2.14. The van der Waals surface area contributed by atoms with Crippen LogP contribution in [0.3, 0.4) is 0 Å². The van der Waals surface area contributed by atoms with Crippen LogP contribution in [0.15, 0.2) is 78.9 Å². The van der Waals surface area contributed by atoms with Crippen LogP contribution in [-0.2, 0) is 0 Å². The molecule has 116 valence electrons. The smallest absolute Gasteiger partial charge is 0.0405 e. The first-order valence-corrected chi connectivity index (χ1v) is 7.67. The van der Waals surface area contributed by atoms with Gasteiger partial charge in [0.15, 0.2) is 0 Å². The highest BCUT2D eigenvalue weighted by molar-refractivity contribution is 5.68. The highest BCUT2D eigenvalue weighted by atomic mass is 15.1. The van der Waals surface area contributed by atoms with Crippen LogP contribution in [0.4, 0.5) is 28.4 Å². The molecule has 3 aromatic rings. The molecule has 0 aliphatic heterocycles. The zero-order valence-electron chi connectivity index (χ0n) is 13.5. The Kier molecular flexibility index (Phi) is 4.48. The molecule has 0 saturated carbocycles. The summed E-state index contributed by atoms with van der Waals surface area (Å²) in [7, 11) is 4.09. The molecule has 0 unspecified atom stereocenters. The van der Waals surface area contributed by atoms with Crippen molar-refractivity contribution < 1.29 is 0 Å². The first-order valence-electron chi connectivity index (χ1n) is 7.67. The first-order chi connectivity index (χ1) is 11.2. The summed E-state index contributed by atoms with van der Waals surface area (Å²) in [4.78, 5) is 2.10. The number of hydrogen-bond donors (Lipinski definition) is 2. The second-order valence-electron chi connectivity index (χ2n) is 5.64. The quantitative estimate of drug-likeness (QED) is 0.675. The topological polar surface area (TPSA) is 27.3 Å². The number of rotatable bonds is 5. The van der Waals surface area contributed by atoms with Gasteiger partial charge in [0.2, 0.25) is 0 Å². The maximum Gasteiger partial charge on any atom is 0.0405 e. The largest absolute Gasteiger partial charge is 0.378 e. The Labute approximate surface area is 137 Å². The molecule has 2 N–H and O–H groups in total. The fraction of sp³-hybridized carbons (Fsp3) is 0.100. The summed E-state index contributed by atoms with van der Waals surface area (Å²) in [5.41, 5.74) is 5.49. The summed E-state index contributed by atoms with van der Waals surface area (Å²) in [6.07, 6.45) is 0. The summed E-state index contributed by atoms with van der Waals surface area (Å²) in [6, 6.07) is 26.8. The van der Waals surface area contributed by atoms with E-state index in [0.29, 0.717) is 0 Å². The lowest BCUT2D eigenvalue weighted by atomic mass is 10.2. The Morgan fingerprint density at radius 3 is 1.70 bits per heavy atom. The van der Waals surface area contributed by atoms with Crippen molar-refractivity contribution in [1.82, 2.24) is 0 Å². The number of hydrogen-bond acceptors (Lipinski definition) is 3. The molecule has 0 radical (unpaired) electrons. The highest BCUT2D eigenvalue weighted by Gasteiger charge is 1.99. The van der Waals surface area contributed by atoms with Crippen LogP contribution in [0.2, 0.25) is 0 Å². The molecule has 3 heteroatoms. The van der Waals surface area contributed by atoms with Gasteiger partial charge in [-0.05, 0) is 54.6 Å². The second kappa shape index (κ2) is 6.88. The molecule has 0 bridgehead atoms. The fourth-order valence-corrected chi connectivity index (χ4v) is 2.35. The Bertz CT molecular complexity index is 749. The lowest BCUT2D eigenvalue weighted by molar-refractivity contribution is 1.13. The summed E-state index contributed by atoms with van der Waals surface area (Å²) >= 11 is 0. The van der Waals surface area contributed by atoms with Gasteiger partial charge < -0.3 is 15.5 Å². The van der Waals surface area contributed by atoms with E-state index in [1.54, 1.807) is 0 Å². The van der Waals surface area contributed by atoms with Crippen molar-refractivity contribution >= 4 is 28.4 Å². The highest BCUT2D eigenvalue weighted by Crippen LogP contribution is 2.23. The number of nitrogens with zero attached hydrogens (tertiary/aromatic N) is 1. The Balaban J connectivity index is 1.69. The molecule has 0 heterocycles. The van der Waals surface area contributed by atoms with Gasteiger partial charge in [0.05, 0.1) is 0 Å². The van der Waals surface area contributed by atoms with Crippen LogP contribution in [0.25, 0.3) is 0 Å². The summed E-state index contributed by atoms with van der Waals surface area (Å²) in [5.74, 6) is 0. The first kappa shape index (κ1) is 15.0. The van der Waals surface area contributed by atoms with E-state index in [1.165, 1.54) is 5.69 Å². The standard InChI is InChI=1S/C20H21N3/c1-23(2)20-10-6-9-19(15-20)22-18-13-11-17(12-14-18)21-16-7-4-3-5-8-16/h3-15,21-22H,1-2H3. The van der Waals surface area contributed by atoms with Gasteiger partial charge in [-0.2, -0.15) is 0 Å². The number of anilines is 5. The van der Waals surface area contributed by atoms with Crippen molar-refractivity contribution in [3.63, 3.8) is 0 Å². The van der Waals surface area contributed by atoms with Crippen LogP contribution >= 0.6 is 0 Å². The molecule has 23 heavy (non-hydrogen) atoms. The van der Waals surface area contributed by atoms with Gasteiger partial charge in [0.25, 0.3) is 0 Å². The van der Waals surface area contributed by atoms with Gasteiger partial charge in [-0.3, -0.25) is 0 Å². The molecule has 3 nitrogen and oxygen atoms in total. The molecule has 0 aliphatic rings. The summed E-state index contributed by atoms with van der Waals surface area (Å²) in [5, 5.41) is 6.82. The fourth-order valence-electron chi connectivity index (χ4n) is 2.35. The van der Waals surface area contributed by atoms with Crippen molar-refractivity contribution in [2.45, 2.75) is 0 Å². The monoisotopic (exact) mass is 303 g/mol. The van der Waals surface area contributed by atoms with Crippen LogP contribution in [0.1, 0.15) is 0 Å². The molecule has 0 spiro atoms. The van der Waals surface area contributed by atoms with E-state index < -0.39 is 0 Å². The van der Waals surface area contributed by atoms with Gasteiger partial charge in [-0.15, -0.1) is 0 Å². The molecule has 0 aliphatic carbocycles. The van der Waals surface area contributed by atoms with Crippen molar-refractivity contribution in [2.24, 2.45) is 0 Å². The zero-order chi connectivity index (χ0) is 16.1. The van der Waals surface area contributed by atoms with Gasteiger partial charge in [0.1, 0.15) is 0 Å². The minimum absolute atomic E-state index is 1.07. The predicted octanol–water partition coefficient (Wildman–Crippen LogP) is 5.24. The third-order valence-electron chi connectivity index (χ3n) is 3.60. The molecule has 3 rings (SSSR count). The summed E-state index contributed by atoms with van der Waals surface area (Å²) in [6.45, 7) is 0. The second-order valence-corrected chi connectivity index (χ2v) is 5.64. The average molecular weight is 303 g/mol. The minimum atomic E-state index is 1.07. The third kappa shape index (κ3) is 4.04. The Morgan fingerprint density at radius 1 is 0.565 bits per heavy atom. The number of benzene rings is 3. The molecular formula is C20H21N3. The summed E-state index contributed by atoms with van der Waals surface area (Å²) < 4.78 is 0. The van der Waals surface area contributed by atoms with E-state index in [0.717, 1.165) is 22.7 Å². The maximum atomic E-state index is 3.44. The van der Waals surface area contributed by atoms with Gasteiger partial charge in [-0.25, -0.2) is 0 Å². The van der Waals surface area contributed by atoms with E-state index in [9.17, 15) is 0 Å². The van der Waals surface area contributed by atoms with Crippen LogP contribution in [0.5, 0.6) is 0 Å². The molecule has 0 fully saturated rings. The van der Waals surface area contributed by atoms with Crippen molar-refractivity contribution in [2.75, 3.05) is 29.6 Å². The molecule has 0 aromatic heterocycles. The van der Waals surface area contributed by atoms with Crippen molar-refractivity contribution in [1.29, 1.82) is 0 Å². The van der Waals surface area contributed by atoms with Crippen molar-refractivity contribution in [3.05, 3.63) is 78.9 Å². The lowest BCUT2D eigenvalue weighted by Crippen LogP contribution is -2.08. The molecule has 0 saturated heterocycles. The SMILES string of the molecule is CN(C)c1cccc(Nc2ccc(Nc3ccccc3)cc2)c1. The van der Waals surface area contributed by atoms with Gasteiger partial charge in [-0.1, -0.05) is 24.3 Å². The average Bonchev–Trinajstić information content (AvgIpc) is 2.58. The molecule has 0 amide bonds.